The second kappa shape index (κ2) is 22.0. The molecule has 0 aromatic rings. The minimum absolute atomic E-state index is 0.147. The first-order chi connectivity index (χ1) is 26.0. The monoisotopic (exact) mass is 803 g/mol. The SMILES string of the molecule is C/C=C(\C)C(=O)NCC1NC(=O)C(C(=O)O)NC(=O)[C@H](O)CNC(=O)[C@@H]([C@@H](C)O)NC(=O)C(C(O)C(O)C(N)=O)NC(=O)[C@@H](C(C)C)NC(=O)[C@@H](CO)NC1=O. The lowest BCUT2D eigenvalue weighted by atomic mass is 9.99. The Bertz CT molecular complexity index is 1550. The lowest BCUT2D eigenvalue weighted by Crippen LogP contribution is -2.66. The molecule has 25 heteroatoms. The third-order valence-corrected chi connectivity index (χ3v) is 8.12. The predicted molar refractivity (Wildman–Crippen MR) is 185 cm³/mol. The van der Waals surface area contributed by atoms with E-state index in [9.17, 15) is 78.6 Å². The topological polar surface area (TPSA) is 414 Å². The summed E-state index contributed by atoms with van der Waals surface area (Å²) >= 11 is 0. The van der Waals surface area contributed by atoms with Crippen LogP contribution in [-0.2, 0) is 47.9 Å². The summed E-state index contributed by atoms with van der Waals surface area (Å²) in [6, 6.07) is -12.4. The number of carboxylic acids is 1. The van der Waals surface area contributed by atoms with Crippen molar-refractivity contribution in [3.05, 3.63) is 11.6 Å². The third kappa shape index (κ3) is 13.8. The van der Waals surface area contributed by atoms with Crippen molar-refractivity contribution >= 4 is 59.1 Å². The number of aliphatic hydroxyl groups is 5. The zero-order valence-corrected chi connectivity index (χ0v) is 30.9. The molecule has 0 aromatic heterocycles. The number of carboxylic acid groups (broad SMARTS) is 1. The Morgan fingerprint density at radius 3 is 1.79 bits per heavy atom. The Morgan fingerprint density at radius 1 is 0.768 bits per heavy atom. The van der Waals surface area contributed by atoms with Gasteiger partial charge in [-0.1, -0.05) is 19.9 Å². The second-order valence-electron chi connectivity index (χ2n) is 12.8. The van der Waals surface area contributed by atoms with Crippen molar-refractivity contribution in [2.45, 2.75) is 95.3 Å². The molecular weight excluding hydrogens is 754 g/mol. The minimum atomic E-state index is -2.53. The largest absolute Gasteiger partial charge is 0.479 e. The van der Waals surface area contributed by atoms with E-state index in [1.165, 1.54) is 33.8 Å². The first-order valence-electron chi connectivity index (χ1n) is 16.8. The molecule has 25 nitrogen and oxygen atoms in total. The maximum absolute atomic E-state index is 13.5. The average molecular weight is 804 g/mol. The summed E-state index contributed by atoms with van der Waals surface area (Å²) in [6.07, 6.45) is -7.76. The molecule has 10 atom stereocenters. The highest BCUT2D eigenvalue weighted by Crippen LogP contribution is 2.08. The first kappa shape index (κ1) is 48.3. The molecule has 0 spiro atoms. The van der Waals surface area contributed by atoms with Crippen molar-refractivity contribution in [2.75, 3.05) is 19.7 Å². The highest BCUT2D eigenvalue weighted by Gasteiger charge is 2.41. The van der Waals surface area contributed by atoms with Crippen molar-refractivity contribution in [3.63, 3.8) is 0 Å². The summed E-state index contributed by atoms with van der Waals surface area (Å²) in [6.45, 7) is 3.67. The van der Waals surface area contributed by atoms with Gasteiger partial charge in [0.1, 0.15) is 42.4 Å². The number of primary amides is 1. The lowest BCUT2D eigenvalue weighted by Gasteiger charge is -2.31. The van der Waals surface area contributed by atoms with E-state index in [0.29, 0.717) is 0 Å². The molecule has 1 aliphatic heterocycles. The molecular formula is C31H49N9O16. The zero-order chi connectivity index (χ0) is 43.2. The van der Waals surface area contributed by atoms with Crippen LogP contribution in [0.3, 0.4) is 0 Å². The van der Waals surface area contributed by atoms with Gasteiger partial charge in [-0.2, -0.15) is 0 Å². The van der Waals surface area contributed by atoms with Gasteiger partial charge in [0.15, 0.2) is 6.10 Å². The molecule has 0 bridgehead atoms. The molecule has 0 aromatic carbocycles. The van der Waals surface area contributed by atoms with Crippen LogP contribution in [0.1, 0.15) is 34.6 Å². The smallest absolute Gasteiger partial charge is 0.336 e. The number of hydrogen-bond donors (Lipinski definition) is 15. The number of aliphatic hydroxyl groups excluding tert-OH is 5. The number of hydrogen-bond acceptors (Lipinski definition) is 15. The van der Waals surface area contributed by atoms with E-state index in [0.717, 1.165) is 6.92 Å². The van der Waals surface area contributed by atoms with Crippen molar-refractivity contribution in [1.29, 1.82) is 0 Å². The Balaban J connectivity index is 3.81. The quantitative estimate of drug-likeness (QED) is 0.0720. The molecule has 0 saturated carbocycles. The van der Waals surface area contributed by atoms with Gasteiger partial charge in [0.25, 0.3) is 11.8 Å². The number of carbonyl (C=O) groups excluding carboxylic acids is 9. The molecule has 56 heavy (non-hydrogen) atoms. The number of β-amino-alcohol motifs (C(OH)–C–C–N with tert-alkyl or cyclic N) is 1. The predicted octanol–water partition coefficient (Wildman–Crippen LogP) is -9.21. The molecule has 1 rings (SSSR count). The van der Waals surface area contributed by atoms with Crippen LogP contribution < -0.4 is 48.3 Å². The number of rotatable bonds is 10. The van der Waals surface area contributed by atoms with Crippen LogP contribution in [0.5, 0.6) is 0 Å². The van der Waals surface area contributed by atoms with Gasteiger partial charge < -0.3 is 78.9 Å². The molecule has 0 radical (unpaired) electrons. The molecule has 1 saturated heterocycles. The maximum Gasteiger partial charge on any atom is 0.336 e. The summed E-state index contributed by atoms with van der Waals surface area (Å²) in [5.74, 6) is -15.1. The van der Waals surface area contributed by atoms with Crippen molar-refractivity contribution in [2.24, 2.45) is 11.7 Å². The molecule has 314 valence electrons. The van der Waals surface area contributed by atoms with Gasteiger partial charge >= 0.3 is 5.97 Å². The summed E-state index contributed by atoms with van der Waals surface area (Å²) in [7, 11) is 0. The van der Waals surface area contributed by atoms with Crippen molar-refractivity contribution in [3.8, 4) is 0 Å². The normalized spacial score (nSPS) is 27.2. The molecule has 0 aliphatic carbocycles. The summed E-state index contributed by atoms with van der Waals surface area (Å²) in [5.41, 5.74) is 5.19. The Morgan fingerprint density at radius 2 is 1.29 bits per heavy atom. The fourth-order valence-corrected chi connectivity index (χ4v) is 4.61. The van der Waals surface area contributed by atoms with Gasteiger partial charge in [0, 0.05) is 12.1 Å². The van der Waals surface area contributed by atoms with Crippen molar-refractivity contribution in [1.82, 2.24) is 42.5 Å². The van der Waals surface area contributed by atoms with Crippen LogP contribution in [0.15, 0.2) is 11.6 Å². The average Bonchev–Trinajstić information content (AvgIpc) is 3.13. The highest BCUT2D eigenvalue weighted by molar-refractivity contribution is 6.06. The van der Waals surface area contributed by atoms with E-state index in [2.05, 4.69) is 16.0 Å². The van der Waals surface area contributed by atoms with Gasteiger partial charge in [-0.3, -0.25) is 43.2 Å². The molecule has 5 unspecified atom stereocenters. The Hall–Kier alpha value is -5.76. The van der Waals surface area contributed by atoms with E-state index in [-0.39, 0.29) is 5.57 Å². The van der Waals surface area contributed by atoms with Crippen LogP contribution in [0, 0.1) is 5.92 Å². The molecule has 16 N–H and O–H groups in total. The summed E-state index contributed by atoms with van der Waals surface area (Å²) < 4.78 is 0. The third-order valence-electron chi connectivity index (χ3n) is 8.12. The molecule has 1 heterocycles. The van der Waals surface area contributed by atoms with Crippen LogP contribution in [-0.4, -0.2) is 170 Å². The van der Waals surface area contributed by atoms with E-state index in [1.54, 1.807) is 5.32 Å². The van der Waals surface area contributed by atoms with E-state index >= 15 is 0 Å². The first-order valence-corrected chi connectivity index (χ1v) is 16.8. The van der Waals surface area contributed by atoms with Crippen LogP contribution in [0.2, 0.25) is 0 Å². The summed E-state index contributed by atoms with van der Waals surface area (Å²) in [4.78, 5) is 129. The zero-order valence-electron chi connectivity index (χ0n) is 30.9. The number of amides is 9. The van der Waals surface area contributed by atoms with Gasteiger partial charge in [-0.05, 0) is 26.7 Å². The van der Waals surface area contributed by atoms with Crippen molar-refractivity contribution < 1.29 is 78.6 Å². The minimum Gasteiger partial charge on any atom is -0.479 e. The van der Waals surface area contributed by atoms with Crippen LogP contribution in [0.25, 0.3) is 0 Å². The highest BCUT2D eigenvalue weighted by atomic mass is 16.4. The molecule has 9 amide bonds. The number of nitrogens with two attached hydrogens (primary N) is 1. The molecule has 1 aliphatic rings. The van der Waals surface area contributed by atoms with E-state index in [4.69, 9.17) is 5.73 Å². The maximum atomic E-state index is 13.5. The Labute approximate surface area is 318 Å². The van der Waals surface area contributed by atoms with Crippen LogP contribution in [0.4, 0.5) is 0 Å². The van der Waals surface area contributed by atoms with E-state index in [1.807, 2.05) is 21.3 Å². The standard InChI is InChI=1S/C31H49N9O16/c1-6-11(4)23(47)33-7-13-24(48)36-14(9-41)25(49)37-16(10(2)3)28(52)39-18(20(44)21(45)22(32)46)29(53)38-17(12(5)42)27(51)34-8-15(43)26(50)40-19(31(55)56)30(54)35-13/h6,10,12-21,41-45H,7-9H2,1-5H3,(H2,32,46)(H,33,47)(H,34,51)(H,35,54)(H,36,48)(H,37,49)(H,38,53)(H,39,52)(H,40,50)(H,55,56)/b11-6+/t12-,13?,14-,15-,16-,17-,18?,19?,20?,21?/m1/s1. The van der Waals surface area contributed by atoms with Gasteiger partial charge in [0.2, 0.25) is 47.4 Å². The Kier molecular flexibility index (Phi) is 18.9. The fraction of sp³-hybridized carbons (Fsp3) is 0.613. The number of aliphatic carboxylic acids is 1. The number of allylic oxidation sites excluding steroid dienone is 1. The van der Waals surface area contributed by atoms with Gasteiger partial charge in [-0.15, -0.1) is 0 Å². The second-order valence-corrected chi connectivity index (χ2v) is 12.8. The summed E-state index contributed by atoms with van der Waals surface area (Å²) in [5, 5.41) is 77.4. The van der Waals surface area contributed by atoms with Gasteiger partial charge in [0.05, 0.1) is 19.3 Å². The van der Waals surface area contributed by atoms with Crippen LogP contribution >= 0.6 is 0 Å². The van der Waals surface area contributed by atoms with E-state index < -0.39 is 145 Å². The lowest BCUT2D eigenvalue weighted by molar-refractivity contribution is -0.148. The van der Waals surface area contributed by atoms with Gasteiger partial charge in [-0.25, -0.2) is 4.79 Å². The molecule has 1 fully saturated rings. The fourth-order valence-electron chi connectivity index (χ4n) is 4.61. The number of carbonyl (C=O) groups is 10. The number of nitrogens with one attached hydrogen (secondary N) is 8.